The minimum absolute atomic E-state index is 0.125. The number of rotatable bonds is 36. The molecule has 0 aromatic rings. The van der Waals surface area contributed by atoms with E-state index in [0.29, 0.717) is 0 Å². The highest BCUT2D eigenvalue weighted by atomic mass is 16.3. The highest BCUT2D eigenvalue weighted by Crippen LogP contribution is 2.16. The van der Waals surface area contributed by atoms with Gasteiger partial charge in [0.15, 0.2) is 0 Å². The molecule has 6 heteroatoms. The Morgan fingerprint density at radius 1 is 0.326 bits per heavy atom. The molecule has 0 fully saturated rings. The van der Waals surface area contributed by atoms with Crippen molar-refractivity contribution in [1.82, 2.24) is 0 Å². The van der Waals surface area contributed by atoms with Crippen LogP contribution >= 0.6 is 0 Å². The summed E-state index contributed by atoms with van der Waals surface area (Å²) in [5.41, 5.74) is 11.2. The number of hydrogen-bond acceptors (Lipinski definition) is 6. The first-order valence-electron chi connectivity index (χ1n) is 20.5. The molecule has 0 saturated heterocycles. The molecule has 0 bridgehead atoms. The molecule has 0 aliphatic heterocycles. The molecule has 46 heavy (non-hydrogen) atoms. The zero-order valence-corrected chi connectivity index (χ0v) is 31.3. The summed E-state index contributed by atoms with van der Waals surface area (Å²) in [5.74, 6) is 0. The molecule has 4 atom stereocenters. The summed E-state index contributed by atoms with van der Waals surface area (Å²) in [5, 5.41) is 37.0. The smallest absolute Gasteiger partial charge is 0.0713 e. The lowest BCUT2D eigenvalue weighted by atomic mass is 10.0. The van der Waals surface area contributed by atoms with Gasteiger partial charge in [0, 0.05) is 0 Å². The maximum atomic E-state index is 9.64. The van der Waals surface area contributed by atoms with Crippen LogP contribution in [0.4, 0.5) is 0 Å². The Morgan fingerprint density at radius 2 is 0.500 bits per heavy atom. The van der Waals surface area contributed by atoms with E-state index in [-0.39, 0.29) is 13.2 Å². The number of hydrogen-bond donors (Lipinski definition) is 6. The van der Waals surface area contributed by atoms with Crippen LogP contribution < -0.4 is 11.5 Å². The Balaban J connectivity index is 0. The summed E-state index contributed by atoms with van der Waals surface area (Å²) >= 11 is 0. The van der Waals surface area contributed by atoms with Crippen molar-refractivity contribution in [3.8, 4) is 0 Å². The zero-order valence-electron chi connectivity index (χ0n) is 31.3. The Morgan fingerprint density at radius 3 is 0.674 bits per heavy atom. The van der Waals surface area contributed by atoms with E-state index in [2.05, 4.69) is 13.8 Å². The molecule has 4 unspecified atom stereocenters. The summed E-state index contributed by atoms with van der Waals surface area (Å²) in [6, 6.07) is -0.941. The quantitative estimate of drug-likeness (QED) is 0.0371. The molecule has 0 aliphatic carbocycles. The summed E-state index contributed by atoms with van der Waals surface area (Å²) in [6.07, 6.45) is 40.9. The molecule has 0 aromatic heterocycles. The first-order valence-corrected chi connectivity index (χ1v) is 20.5. The van der Waals surface area contributed by atoms with Gasteiger partial charge in [0.1, 0.15) is 0 Å². The van der Waals surface area contributed by atoms with Gasteiger partial charge >= 0.3 is 0 Å². The van der Waals surface area contributed by atoms with Gasteiger partial charge in [-0.25, -0.2) is 0 Å². The van der Waals surface area contributed by atoms with Crippen molar-refractivity contribution in [2.75, 3.05) is 13.2 Å². The molecule has 0 radical (unpaired) electrons. The van der Waals surface area contributed by atoms with Gasteiger partial charge in [-0.3, -0.25) is 0 Å². The van der Waals surface area contributed by atoms with Crippen molar-refractivity contribution in [3.63, 3.8) is 0 Å². The molecule has 0 saturated carbocycles. The highest BCUT2D eigenvalue weighted by molar-refractivity contribution is 4.71. The van der Waals surface area contributed by atoms with Crippen molar-refractivity contribution in [1.29, 1.82) is 0 Å². The Bertz CT molecular complexity index is 493. The molecule has 0 spiro atoms. The third-order valence-electron chi connectivity index (χ3n) is 9.62. The highest BCUT2D eigenvalue weighted by Gasteiger charge is 2.13. The normalized spacial score (nSPS) is 14.1. The molecule has 0 rings (SSSR count). The molecule has 0 aromatic carbocycles. The van der Waals surface area contributed by atoms with Crippen molar-refractivity contribution in [3.05, 3.63) is 0 Å². The van der Waals surface area contributed by atoms with Gasteiger partial charge in [-0.05, 0) is 12.8 Å². The Hall–Kier alpha value is -0.240. The van der Waals surface area contributed by atoms with E-state index in [4.69, 9.17) is 21.7 Å². The summed E-state index contributed by atoms with van der Waals surface area (Å²) in [4.78, 5) is 0. The van der Waals surface area contributed by atoms with Gasteiger partial charge in [0.05, 0.1) is 37.5 Å². The van der Waals surface area contributed by atoms with Crippen LogP contribution in [0.5, 0.6) is 0 Å². The molecule has 8 N–H and O–H groups in total. The summed E-state index contributed by atoms with van der Waals surface area (Å²) in [7, 11) is 0. The van der Waals surface area contributed by atoms with Crippen LogP contribution in [0.2, 0.25) is 0 Å². The average Bonchev–Trinajstić information content (AvgIpc) is 3.07. The van der Waals surface area contributed by atoms with E-state index in [1.54, 1.807) is 0 Å². The summed E-state index contributed by atoms with van der Waals surface area (Å²) in [6.45, 7) is 4.30. The van der Waals surface area contributed by atoms with Crippen LogP contribution in [0, 0.1) is 0 Å². The predicted octanol–water partition coefficient (Wildman–Crippen LogP) is 9.86. The molecule has 0 amide bonds. The van der Waals surface area contributed by atoms with Gasteiger partial charge in [0.2, 0.25) is 0 Å². The van der Waals surface area contributed by atoms with Crippen molar-refractivity contribution in [2.45, 2.75) is 244 Å². The summed E-state index contributed by atoms with van der Waals surface area (Å²) < 4.78 is 0. The van der Waals surface area contributed by atoms with Crippen LogP contribution in [-0.2, 0) is 0 Å². The minimum atomic E-state index is -0.540. The lowest BCUT2D eigenvalue weighted by molar-refractivity contribution is 0.0986. The number of nitrogens with two attached hydrogens (primary N) is 2. The second-order valence-electron chi connectivity index (χ2n) is 14.3. The van der Waals surface area contributed by atoms with Crippen LogP contribution in [0.25, 0.3) is 0 Å². The lowest BCUT2D eigenvalue weighted by Gasteiger charge is -2.15. The van der Waals surface area contributed by atoms with E-state index in [0.717, 1.165) is 25.7 Å². The average molecular weight is 659 g/mol. The molecular formula is C40H86N2O4. The maximum Gasteiger partial charge on any atom is 0.0713 e. The van der Waals surface area contributed by atoms with E-state index in [1.807, 2.05) is 0 Å². The second-order valence-corrected chi connectivity index (χ2v) is 14.3. The van der Waals surface area contributed by atoms with Gasteiger partial charge in [0.25, 0.3) is 0 Å². The largest absolute Gasteiger partial charge is 0.395 e. The maximum absolute atomic E-state index is 9.64. The van der Waals surface area contributed by atoms with E-state index < -0.39 is 24.3 Å². The van der Waals surface area contributed by atoms with Gasteiger partial charge < -0.3 is 31.9 Å². The predicted molar refractivity (Wildman–Crippen MR) is 201 cm³/mol. The van der Waals surface area contributed by atoms with Crippen LogP contribution in [0.3, 0.4) is 0 Å². The third-order valence-corrected chi connectivity index (χ3v) is 9.62. The van der Waals surface area contributed by atoms with Crippen molar-refractivity contribution < 1.29 is 20.4 Å². The number of aliphatic hydroxyl groups is 4. The first-order chi connectivity index (χ1) is 22.4. The lowest BCUT2D eigenvalue weighted by Crippen LogP contribution is -2.37. The van der Waals surface area contributed by atoms with E-state index in [9.17, 15) is 10.2 Å². The standard InChI is InChI=1S/2C20H43NO2/c2*1-2-3-4-5-6-7-8-9-10-11-12-13-14-15-16-17-20(23)19(21)18-22/h2*19-20,22-23H,2-18,21H2,1H3. The number of unbranched alkanes of at least 4 members (excludes halogenated alkanes) is 28. The fourth-order valence-corrected chi connectivity index (χ4v) is 6.12. The molecule has 280 valence electrons. The second kappa shape index (κ2) is 40.9. The number of aliphatic hydroxyl groups excluding tert-OH is 4. The molecule has 6 nitrogen and oxygen atoms in total. The van der Waals surface area contributed by atoms with Crippen LogP contribution in [0.1, 0.15) is 219 Å². The van der Waals surface area contributed by atoms with Gasteiger partial charge in [-0.1, -0.05) is 206 Å². The molecule has 0 aliphatic rings. The first kappa shape index (κ1) is 47.9. The fraction of sp³-hybridized carbons (Fsp3) is 1.00. The minimum Gasteiger partial charge on any atom is -0.395 e. The third kappa shape index (κ3) is 38.2. The van der Waals surface area contributed by atoms with E-state index in [1.165, 1.54) is 180 Å². The Labute approximate surface area is 288 Å². The zero-order chi connectivity index (χ0) is 34.4. The van der Waals surface area contributed by atoms with Gasteiger partial charge in [-0.2, -0.15) is 0 Å². The topological polar surface area (TPSA) is 133 Å². The monoisotopic (exact) mass is 659 g/mol. The molecular weight excluding hydrogens is 572 g/mol. The van der Waals surface area contributed by atoms with Crippen LogP contribution in [-0.4, -0.2) is 57.9 Å². The van der Waals surface area contributed by atoms with E-state index >= 15 is 0 Å². The van der Waals surface area contributed by atoms with Crippen LogP contribution in [0.15, 0.2) is 0 Å². The molecule has 0 heterocycles. The fourth-order valence-electron chi connectivity index (χ4n) is 6.12. The SMILES string of the molecule is CCCCCCCCCCCCCCCCCC(O)C(N)CO.CCCCCCCCCCCCCCCCCC(O)C(N)CO. The van der Waals surface area contributed by atoms with Crippen molar-refractivity contribution in [2.24, 2.45) is 11.5 Å². The van der Waals surface area contributed by atoms with Gasteiger partial charge in [-0.15, -0.1) is 0 Å². The van der Waals surface area contributed by atoms with Crippen molar-refractivity contribution >= 4 is 0 Å². The Kier molecular flexibility index (Phi) is 42.6.